The van der Waals surface area contributed by atoms with E-state index in [0.717, 1.165) is 29.6 Å². The summed E-state index contributed by atoms with van der Waals surface area (Å²) in [5.74, 6) is -0.0618. The van der Waals surface area contributed by atoms with Gasteiger partial charge >= 0.3 is 5.97 Å². The van der Waals surface area contributed by atoms with Gasteiger partial charge in [0.2, 0.25) is 0 Å². The lowest BCUT2D eigenvalue weighted by Gasteiger charge is -2.70. The van der Waals surface area contributed by atoms with Gasteiger partial charge in [-0.1, -0.05) is 39.3 Å². The molecule has 0 saturated heterocycles. The molecule has 6 heteroatoms. The lowest BCUT2D eigenvalue weighted by atomic mass is 9.35. The molecule has 4 aliphatic carbocycles. The fourth-order valence-electron chi connectivity index (χ4n) is 9.73. The van der Waals surface area contributed by atoms with Crippen molar-refractivity contribution in [3.63, 3.8) is 0 Å². The molecule has 4 rings (SSSR count). The van der Waals surface area contributed by atoms with Crippen molar-refractivity contribution in [2.45, 2.75) is 118 Å². The van der Waals surface area contributed by atoms with Gasteiger partial charge in [-0.2, -0.15) is 0 Å². The summed E-state index contributed by atoms with van der Waals surface area (Å²) in [7, 11) is 0. The van der Waals surface area contributed by atoms with Crippen LogP contribution < -0.4 is 5.73 Å². The number of aliphatic hydroxyl groups excluding tert-OH is 2. The molecular weight excluding hydrogens is 466 g/mol. The molecule has 11 atom stereocenters. The number of fused-ring (bicyclic) bond motifs is 5. The van der Waals surface area contributed by atoms with Crippen LogP contribution in [-0.4, -0.2) is 46.3 Å². The van der Waals surface area contributed by atoms with Crippen LogP contribution in [0.5, 0.6) is 0 Å². The molecule has 4 aliphatic rings. The van der Waals surface area contributed by atoms with Crippen molar-refractivity contribution < 1.29 is 24.5 Å². The Balaban J connectivity index is 1.87. The van der Waals surface area contributed by atoms with Crippen molar-refractivity contribution in [1.29, 1.82) is 0 Å². The first-order chi connectivity index (χ1) is 17.1. The van der Waals surface area contributed by atoms with Crippen molar-refractivity contribution >= 4 is 11.8 Å². The summed E-state index contributed by atoms with van der Waals surface area (Å²) < 4.78 is 5.95. The monoisotopic (exact) mass is 515 g/mol. The molecule has 6 nitrogen and oxygen atoms in total. The van der Waals surface area contributed by atoms with Crippen molar-refractivity contribution in [3.05, 3.63) is 22.8 Å². The third-order valence-electron chi connectivity index (χ3n) is 11.7. The van der Waals surface area contributed by atoms with Crippen LogP contribution in [-0.2, 0) is 14.3 Å². The molecule has 0 aromatic rings. The highest BCUT2D eigenvalue weighted by Crippen LogP contribution is 2.74. The molecule has 0 heterocycles. The predicted octanol–water partition coefficient (Wildman–Crippen LogP) is 4.72. The Morgan fingerprint density at radius 3 is 2.27 bits per heavy atom. The van der Waals surface area contributed by atoms with Crippen molar-refractivity contribution in [1.82, 2.24) is 0 Å². The zero-order chi connectivity index (χ0) is 27.7. The molecule has 0 bridgehead atoms. The number of ether oxygens (including phenoxy) is 1. The van der Waals surface area contributed by atoms with Gasteiger partial charge in [0.05, 0.1) is 12.2 Å². The number of esters is 1. The summed E-state index contributed by atoms with van der Waals surface area (Å²) in [6.07, 6.45) is 4.68. The smallest absolute Gasteiger partial charge is 0.303 e. The number of aliphatic hydroxyl groups is 2. The Morgan fingerprint density at radius 1 is 1.05 bits per heavy atom. The SMILES string of the molecule is CC(=O)O[C@H]1C[C@@]2(C)[C@@H](C[C@@H](O)[C@H]3[C@@]4(C)[C@@H](N)C[C@@H](O)[C@@H](C)[C@@H]4CC[C@@]32C)/C1=C(\CC=C(C)C)C(C)=O. The van der Waals surface area contributed by atoms with Crippen LogP contribution in [0.25, 0.3) is 0 Å². The Bertz CT molecular complexity index is 1010. The Kier molecular flexibility index (Phi) is 7.40. The molecule has 0 unspecified atom stereocenters. The molecule has 0 radical (unpaired) electrons. The second kappa shape index (κ2) is 9.60. The number of carbonyl (C=O) groups excluding carboxylic acids is 2. The van der Waals surface area contributed by atoms with Crippen LogP contribution in [0.3, 0.4) is 0 Å². The highest BCUT2D eigenvalue weighted by atomic mass is 16.5. The van der Waals surface area contributed by atoms with Gasteiger partial charge in [0.25, 0.3) is 0 Å². The van der Waals surface area contributed by atoms with Gasteiger partial charge in [-0.05, 0) is 105 Å². The van der Waals surface area contributed by atoms with Gasteiger partial charge in [0.1, 0.15) is 6.10 Å². The molecule has 0 amide bonds. The van der Waals surface area contributed by atoms with Crippen molar-refractivity contribution in [2.24, 2.45) is 45.7 Å². The zero-order valence-corrected chi connectivity index (χ0v) is 24.1. The number of hydrogen-bond acceptors (Lipinski definition) is 6. The maximum atomic E-state index is 13.0. The molecule has 4 fully saturated rings. The van der Waals surface area contributed by atoms with Gasteiger partial charge in [0.15, 0.2) is 5.78 Å². The lowest BCUT2D eigenvalue weighted by molar-refractivity contribution is -0.239. The van der Waals surface area contributed by atoms with Crippen LogP contribution in [0.4, 0.5) is 0 Å². The summed E-state index contributed by atoms with van der Waals surface area (Å²) in [4.78, 5) is 25.3. The number of carbonyl (C=O) groups is 2. The van der Waals surface area contributed by atoms with Crippen LogP contribution in [0.1, 0.15) is 93.9 Å². The largest absolute Gasteiger partial charge is 0.458 e. The topological polar surface area (TPSA) is 110 Å². The number of nitrogens with two attached hydrogens (primary N) is 1. The van der Waals surface area contributed by atoms with Crippen LogP contribution in [0.15, 0.2) is 22.8 Å². The standard InChI is InChI=1S/C31H49NO5/c1-16(2)9-10-20(18(4)33)27-22-13-24(36)28-29(6,30(22,7)15-25(27)37-19(5)34)12-11-21-17(3)23(35)14-26(32)31(21,28)8/h9,17,21-26,28,35-36H,10-15,32H2,1-8H3/b27-20-/t17-,21-,22-,23+,24+,25-,26-,28+,29-,30-,31+/m0/s1. The van der Waals surface area contributed by atoms with E-state index in [1.165, 1.54) is 6.92 Å². The molecule has 0 aromatic carbocycles. The van der Waals surface area contributed by atoms with Crippen LogP contribution >= 0.6 is 0 Å². The van der Waals surface area contributed by atoms with E-state index in [2.05, 4.69) is 33.8 Å². The molecule has 4 N–H and O–H groups in total. The van der Waals surface area contributed by atoms with Gasteiger partial charge in [-0.25, -0.2) is 0 Å². The Morgan fingerprint density at radius 2 is 1.70 bits per heavy atom. The van der Waals surface area contributed by atoms with Gasteiger partial charge in [-0.3, -0.25) is 9.59 Å². The van der Waals surface area contributed by atoms with E-state index < -0.39 is 18.3 Å². The molecule has 0 aromatic heterocycles. The van der Waals surface area contributed by atoms with Gasteiger partial charge in [-0.15, -0.1) is 0 Å². The van der Waals surface area contributed by atoms with E-state index in [0.29, 0.717) is 25.7 Å². The normalized spacial score (nSPS) is 48.3. The molecule has 0 aliphatic heterocycles. The van der Waals surface area contributed by atoms with Crippen LogP contribution in [0, 0.1) is 39.9 Å². The number of Topliss-reactive ketones (excluding diaryl/α,β-unsaturated/α-hetero) is 1. The van der Waals surface area contributed by atoms with Gasteiger partial charge in [0, 0.05) is 18.5 Å². The average molecular weight is 516 g/mol. The summed E-state index contributed by atoms with van der Waals surface area (Å²) in [6.45, 7) is 16.1. The number of ketones is 1. The fraction of sp³-hybridized carbons (Fsp3) is 0.806. The predicted molar refractivity (Wildman–Crippen MR) is 144 cm³/mol. The third-order valence-corrected chi connectivity index (χ3v) is 11.7. The molecule has 37 heavy (non-hydrogen) atoms. The first-order valence-corrected chi connectivity index (χ1v) is 14.3. The summed E-state index contributed by atoms with van der Waals surface area (Å²) in [5.41, 5.74) is 8.79. The van der Waals surface area contributed by atoms with E-state index in [-0.39, 0.29) is 57.7 Å². The molecule has 4 saturated carbocycles. The maximum Gasteiger partial charge on any atom is 0.303 e. The quantitative estimate of drug-likeness (QED) is 0.284. The first kappa shape index (κ1) is 28.5. The zero-order valence-electron chi connectivity index (χ0n) is 24.1. The fourth-order valence-corrected chi connectivity index (χ4v) is 9.73. The molecule has 0 spiro atoms. The number of rotatable bonds is 4. The molecule has 208 valence electrons. The van der Waals surface area contributed by atoms with Crippen molar-refractivity contribution in [3.8, 4) is 0 Å². The summed E-state index contributed by atoms with van der Waals surface area (Å²) in [6, 6.07) is -0.200. The summed E-state index contributed by atoms with van der Waals surface area (Å²) >= 11 is 0. The minimum absolute atomic E-state index is 0.00320. The van der Waals surface area contributed by atoms with Crippen LogP contribution in [0.2, 0.25) is 0 Å². The minimum atomic E-state index is -0.591. The molecular formula is C31H49NO5. The number of allylic oxidation sites excluding steroid dienone is 3. The second-order valence-corrected chi connectivity index (χ2v) is 13.7. The maximum absolute atomic E-state index is 13.0. The Labute approximate surface area is 223 Å². The summed E-state index contributed by atoms with van der Waals surface area (Å²) in [5, 5.41) is 22.7. The number of hydrogen-bond donors (Lipinski definition) is 3. The minimum Gasteiger partial charge on any atom is -0.458 e. The van der Waals surface area contributed by atoms with Gasteiger partial charge < -0.3 is 20.7 Å². The first-order valence-electron chi connectivity index (χ1n) is 14.3. The van der Waals surface area contributed by atoms with E-state index in [1.54, 1.807) is 6.92 Å². The second-order valence-electron chi connectivity index (χ2n) is 13.7. The van der Waals surface area contributed by atoms with Crippen molar-refractivity contribution in [2.75, 3.05) is 0 Å². The average Bonchev–Trinajstić information content (AvgIpc) is 3.04. The van der Waals surface area contributed by atoms with E-state index in [4.69, 9.17) is 10.5 Å². The van der Waals surface area contributed by atoms with E-state index in [9.17, 15) is 19.8 Å². The van der Waals surface area contributed by atoms with E-state index >= 15 is 0 Å². The van der Waals surface area contributed by atoms with E-state index in [1.807, 2.05) is 13.8 Å². The lowest BCUT2D eigenvalue weighted by Crippen LogP contribution is -2.70. The third kappa shape index (κ3) is 4.17. The highest BCUT2D eigenvalue weighted by Gasteiger charge is 2.72. The highest BCUT2D eigenvalue weighted by molar-refractivity contribution is 5.94. The Hall–Kier alpha value is -1.50.